The molecule has 3 amide bonds. The van der Waals surface area contributed by atoms with E-state index in [1.807, 2.05) is 17.0 Å². The van der Waals surface area contributed by atoms with Crippen LogP contribution in [0.15, 0.2) is 36.4 Å². The van der Waals surface area contributed by atoms with E-state index in [9.17, 15) is 14.4 Å². The Bertz CT molecular complexity index is 1250. The number of fused-ring (bicyclic) bond motifs is 1. The van der Waals surface area contributed by atoms with Crippen LogP contribution in [0.25, 0.3) is 10.2 Å². The number of anilines is 2. The number of hydrogen-bond acceptors (Lipinski definition) is 7. The van der Waals surface area contributed by atoms with E-state index in [0.29, 0.717) is 37.4 Å². The van der Waals surface area contributed by atoms with Crippen LogP contribution in [-0.2, 0) is 9.59 Å². The van der Waals surface area contributed by atoms with Crippen molar-refractivity contribution in [1.29, 1.82) is 0 Å². The first-order chi connectivity index (χ1) is 16.0. The van der Waals surface area contributed by atoms with E-state index in [4.69, 9.17) is 9.72 Å². The molecule has 2 aromatic carbocycles. The zero-order chi connectivity index (χ0) is 23.1. The molecule has 1 aromatic heterocycles. The fourth-order valence-corrected chi connectivity index (χ4v) is 5.43. The van der Waals surface area contributed by atoms with Gasteiger partial charge in [-0.2, -0.15) is 0 Å². The molecule has 0 aliphatic carbocycles. The molecular weight excluding hydrogens is 440 g/mol. The van der Waals surface area contributed by atoms with Gasteiger partial charge >= 0.3 is 0 Å². The number of thiazole rings is 1. The average Bonchev–Trinajstić information content (AvgIpc) is 3.43. The third-order valence-electron chi connectivity index (χ3n) is 6.15. The Morgan fingerprint density at radius 2 is 1.76 bits per heavy atom. The van der Waals surface area contributed by atoms with E-state index in [2.05, 4.69) is 11.8 Å². The Hall–Kier alpha value is -3.46. The zero-order valence-electron chi connectivity index (χ0n) is 18.5. The molecule has 0 spiro atoms. The predicted octanol–water partition coefficient (Wildman–Crippen LogP) is 3.23. The second-order valence-corrected chi connectivity index (χ2v) is 9.19. The number of methoxy groups -OCH3 is 1. The number of benzene rings is 2. The van der Waals surface area contributed by atoms with Crippen LogP contribution in [0.2, 0.25) is 0 Å². The normalized spacial score (nSPS) is 16.7. The lowest BCUT2D eigenvalue weighted by Crippen LogP contribution is -2.48. The number of nitrogens with zero attached hydrogens (tertiary/aromatic N) is 4. The largest absolute Gasteiger partial charge is 0.494 e. The van der Waals surface area contributed by atoms with Crippen LogP contribution in [0.3, 0.4) is 0 Å². The van der Waals surface area contributed by atoms with Gasteiger partial charge in [-0.05, 0) is 36.8 Å². The maximum atomic E-state index is 13.1. The number of aryl methyl sites for hydroxylation is 1. The molecule has 0 bridgehead atoms. The molecule has 0 unspecified atom stereocenters. The molecular formula is C24H24N4O4S. The first kappa shape index (κ1) is 21.4. The van der Waals surface area contributed by atoms with Crippen molar-refractivity contribution in [2.45, 2.75) is 19.8 Å². The fourth-order valence-electron chi connectivity index (χ4n) is 4.32. The van der Waals surface area contributed by atoms with Gasteiger partial charge in [0.25, 0.3) is 5.91 Å². The molecule has 2 saturated heterocycles. The van der Waals surface area contributed by atoms with Gasteiger partial charge in [-0.25, -0.2) is 4.98 Å². The number of carbonyl (C=O) groups is 3. The summed E-state index contributed by atoms with van der Waals surface area (Å²) in [5, 5.41) is 0.928. The van der Waals surface area contributed by atoms with Crippen LogP contribution in [0.1, 0.15) is 28.8 Å². The molecule has 9 heteroatoms. The summed E-state index contributed by atoms with van der Waals surface area (Å²) < 4.78 is 6.58. The lowest BCUT2D eigenvalue weighted by molar-refractivity contribution is -0.121. The van der Waals surface area contributed by atoms with Gasteiger partial charge in [0.2, 0.25) is 11.8 Å². The van der Waals surface area contributed by atoms with Gasteiger partial charge in [-0.3, -0.25) is 19.3 Å². The maximum absolute atomic E-state index is 13.1. The Labute approximate surface area is 195 Å². The molecule has 33 heavy (non-hydrogen) atoms. The second kappa shape index (κ2) is 8.47. The Kier molecular flexibility index (Phi) is 5.49. The van der Waals surface area contributed by atoms with Crippen molar-refractivity contribution in [3.8, 4) is 5.75 Å². The quantitative estimate of drug-likeness (QED) is 0.552. The van der Waals surface area contributed by atoms with Crippen molar-refractivity contribution < 1.29 is 19.1 Å². The third-order valence-corrected chi connectivity index (χ3v) is 7.40. The molecule has 2 fully saturated rings. The summed E-state index contributed by atoms with van der Waals surface area (Å²) in [6.07, 6.45) is 0.437. The summed E-state index contributed by atoms with van der Waals surface area (Å²) in [5.41, 5.74) is 2.98. The highest BCUT2D eigenvalue weighted by atomic mass is 32.1. The van der Waals surface area contributed by atoms with E-state index in [1.165, 1.54) is 10.5 Å². The summed E-state index contributed by atoms with van der Waals surface area (Å²) in [5.74, 6) is 0.223. The van der Waals surface area contributed by atoms with Crippen LogP contribution in [-0.4, -0.2) is 60.9 Å². The summed E-state index contributed by atoms with van der Waals surface area (Å²) in [6, 6.07) is 10.8. The van der Waals surface area contributed by atoms with Gasteiger partial charge in [-0.1, -0.05) is 23.5 Å². The molecule has 3 aromatic rings. The van der Waals surface area contributed by atoms with E-state index in [1.54, 1.807) is 42.7 Å². The Morgan fingerprint density at radius 3 is 2.45 bits per heavy atom. The summed E-state index contributed by atoms with van der Waals surface area (Å²) >= 11 is 1.64. The van der Waals surface area contributed by atoms with E-state index < -0.39 is 0 Å². The number of amides is 3. The number of hydrogen-bond donors (Lipinski definition) is 0. The molecule has 0 saturated carbocycles. The molecule has 0 N–H and O–H groups in total. The maximum Gasteiger partial charge on any atom is 0.254 e. The molecule has 3 heterocycles. The molecule has 170 valence electrons. The highest BCUT2D eigenvalue weighted by molar-refractivity contribution is 7.22. The number of ether oxygens (including phenoxy) is 1. The highest BCUT2D eigenvalue weighted by Gasteiger charge is 2.31. The molecule has 2 aliphatic heterocycles. The molecule has 0 atom stereocenters. The van der Waals surface area contributed by atoms with Crippen LogP contribution in [0.5, 0.6) is 5.75 Å². The smallest absolute Gasteiger partial charge is 0.254 e. The van der Waals surface area contributed by atoms with Crippen molar-refractivity contribution in [3.05, 3.63) is 47.5 Å². The first-order valence-electron chi connectivity index (χ1n) is 10.9. The number of carbonyl (C=O) groups excluding carboxylic acids is 3. The number of imide groups is 1. The van der Waals surface area contributed by atoms with Crippen LogP contribution >= 0.6 is 11.3 Å². The number of rotatable bonds is 4. The predicted molar refractivity (Wildman–Crippen MR) is 127 cm³/mol. The lowest BCUT2D eigenvalue weighted by atomic mass is 10.1. The molecule has 5 rings (SSSR count). The number of aromatic nitrogens is 1. The molecule has 0 radical (unpaired) electrons. The molecule has 8 nitrogen and oxygen atoms in total. The lowest BCUT2D eigenvalue weighted by Gasteiger charge is -2.34. The monoisotopic (exact) mass is 464 g/mol. The summed E-state index contributed by atoms with van der Waals surface area (Å²) in [6.45, 7) is 4.55. The van der Waals surface area contributed by atoms with E-state index in [-0.39, 0.29) is 30.6 Å². The second-order valence-electron chi connectivity index (χ2n) is 8.21. The van der Waals surface area contributed by atoms with Gasteiger partial charge in [0, 0.05) is 44.6 Å². The highest BCUT2D eigenvalue weighted by Crippen LogP contribution is 2.36. The van der Waals surface area contributed by atoms with E-state index >= 15 is 0 Å². The van der Waals surface area contributed by atoms with Gasteiger partial charge in [-0.15, -0.1) is 0 Å². The number of piperazine rings is 1. The van der Waals surface area contributed by atoms with Crippen molar-refractivity contribution in [1.82, 2.24) is 9.88 Å². The summed E-state index contributed by atoms with van der Waals surface area (Å²) in [4.78, 5) is 47.2. The first-order valence-corrected chi connectivity index (χ1v) is 11.7. The van der Waals surface area contributed by atoms with Crippen LogP contribution in [0, 0.1) is 6.92 Å². The van der Waals surface area contributed by atoms with Gasteiger partial charge in [0.05, 0.1) is 17.5 Å². The van der Waals surface area contributed by atoms with E-state index in [0.717, 1.165) is 21.1 Å². The standard InChI is InChI=1S/C24H24N4O4S/c1-15-6-7-18(32-2)21-22(15)33-24(25-21)27-12-10-26(11-13-27)23(31)16-4-3-5-17(14-16)28-19(29)8-9-20(28)30/h3-7,14H,8-13H2,1-2H3. The fraction of sp³-hybridized carbons (Fsp3) is 0.333. The summed E-state index contributed by atoms with van der Waals surface area (Å²) in [7, 11) is 1.65. The van der Waals surface area contributed by atoms with Crippen molar-refractivity contribution in [3.63, 3.8) is 0 Å². The van der Waals surface area contributed by atoms with Gasteiger partial charge in [0.1, 0.15) is 11.3 Å². The van der Waals surface area contributed by atoms with Gasteiger partial charge < -0.3 is 14.5 Å². The SMILES string of the molecule is COc1ccc(C)c2sc(N3CCN(C(=O)c4cccc(N5C(=O)CCC5=O)c4)CC3)nc12. The topological polar surface area (TPSA) is 83.0 Å². The van der Waals surface area contributed by atoms with Crippen LogP contribution in [0.4, 0.5) is 10.8 Å². The minimum Gasteiger partial charge on any atom is -0.494 e. The Morgan fingerprint density at radius 1 is 1.03 bits per heavy atom. The molecule has 2 aliphatic rings. The van der Waals surface area contributed by atoms with Gasteiger partial charge in [0.15, 0.2) is 5.13 Å². The van der Waals surface area contributed by atoms with Crippen molar-refractivity contribution >= 4 is 50.1 Å². The third kappa shape index (κ3) is 3.82. The van der Waals surface area contributed by atoms with Crippen molar-refractivity contribution in [2.75, 3.05) is 43.1 Å². The van der Waals surface area contributed by atoms with Crippen molar-refractivity contribution in [2.24, 2.45) is 0 Å². The minimum atomic E-state index is -0.221. The van der Waals surface area contributed by atoms with Crippen LogP contribution < -0.4 is 14.5 Å². The zero-order valence-corrected chi connectivity index (χ0v) is 19.4. The average molecular weight is 465 g/mol. The minimum absolute atomic E-state index is 0.0996. The Balaban J connectivity index is 1.30.